The van der Waals surface area contributed by atoms with E-state index in [4.69, 9.17) is 9.47 Å². The summed E-state index contributed by atoms with van der Waals surface area (Å²) in [7, 11) is 0. The minimum absolute atomic E-state index is 0.441. The van der Waals surface area contributed by atoms with E-state index in [9.17, 15) is 0 Å². The second kappa shape index (κ2) is 14.3. The zero-order valence-electron chi connectivity index (χ0n) is 32.0. The fourth-order valence-corrected chi connectivity index (χ4v) is 8.71. The van der Waals surface area contributed by atoms with Gasteiger partial charge in [-0.1, -0.05) is 158 Å². The quantitative estimate of drug-likeness (QED) is 0.154. The molecule has 2 aromatic heterocycles. The van der Waals surface area contributed by atoms with Gasteiger partial charge in [0.15, 0.2) is 0 Å². The van der Waals surface area contributed by atoms with Crippen LogP contribution in [-0.4, -0.2) is 9.13 Å². The Morgan fingerprint density at radius 1 is 0.345 bits per heavy atom. The summed E-state index contributed by atoms with van der Waals surface area (Å²) in [6.07, 6.45) is 9.11. The highest BCUT2D eigenvalue weighted by atomic mass is 16.5. The predicted octanol–water partition coefficient (Wildman–Crippen LogP) is 13.3. The van der Waals surface area contributed by atoms with Crippen molar-refractivity contribution < 1.29 is 9.47 Å². The van der Waals surface area contributed by atoms with Crippen molar-refractivity contribution in [1.82, 2.24) is 9.13 Å². The number of hydrogen-bond donors (Lipinski definition) is 0. The Balaban J connectivity index is 1.05. The van der Waals surface area contributed by atoms with Crippen molar-refractivity contribution in [3.05, 3.63) is 216 Å². The summed E-state index contributed by atoms with van der Waals surface area (Å²) < 4.78 is 18.3. The summed E-state index contributed by atoms with van der Waals surface area (Å²) in [4.78, 5) is 0. The molecule has 278 valence electrons. The smallest absolute Gasteiger partial charge is 0.128 e. The highest BCUT2D eigenvalue weighted by Crippen LogP contribution is 2.46. The van der Waals surface area contributed by atoms with Gasteiger partial charge in [0.1, 0.15) is 24.7 Å². The first-order valence-electron chi connectivity index (χ1n) is 20.0. The average Bonchev–Trinajstić information content (AvgIpc) is 3.81. The Morgan fingerprint density at radius 2 is 0.724 bits per heavy atom. The van der Waals surface area contributed by atoms with Crippen molar-refractivity contribution in [3.8, 4) is 22.6 Å². The minimum atomic E-state index is 0.441. The van der Waals surface area contributed by atoms with Crippen LogP contribution in [0.1, 0.15) is 33.4 Å². The molecule has 0 unspecified atom stereocenters. The fraction of sp³-hybridized carbons (Fsp3) is 0.0741. The topological polar surface area (TPSA) is 28.3 Å². The van der Waals surface area contributed by atoms with E-state index >= 15 is 0 Å². The van der Waals surface area contributed by atoms with Crippen LogP contribution >= 0.6 is 0 Å². The predicted molar refractivity (Wildman–Crippen MR) is 239 cm³/mol. The molecule has 4 aliphatic rings. The number of fused-ring (bicyclic) bond motifs is 4. The van der Waals surface area contributed by atoms with Gasteiger partial charge in [0.05, 0.1) is 0 Å². The summed E-state index contributed by atoms with van der Waals surface area (Å²) in [5, 5.41) is 7.05. The molecule has 4 nitrogen and oxygen atoms in total. The van der Waals surface area contributed by atoms with Crippen molar-refractivity contribution in [2.75, 3.05) is 0 Å². The molecule has 0 saturated carbocycles. The number of para-hydroxylation sites is 2. The molecule has 0 amide bonds. The number of ether oxygens (including phenoxy) is 2. The molecule has 0 radical (unpaired) electrons. The molecule has 0 N–H and O–H groups in total. The first-order valence-corrected chi connectivity index (χ1v) is 20.0. The van der Waals surface area contributed by atoms with Crippen LogP contribution in [-0.2, 0) is 26.3 Å². The van der Waals surface area contributed by atoms with Gasteiger partial charge in [-0.05, 0) is 68.1 Å². The average molecular weight is 749 g/mol. The molecule has 6 heterocycles. The van der Waals surface area contributed by atoms with E-state index in [0.717, 1.165) is 68.4 Å². The van der Waals surface area contributed by atoms with Crippen molar-refractivity contribution in [3.63, 3.8) is 0 Å². The van der Waals surface area contributed by atoms with Crippen LogP contribution in [0.5, 0.6) is 11.5 Å². The van der Waals surface area contributed by atoms with Crippen LogP contribution in [0.4, 0.5) is 0 Å². The Morgan fingerprint density at radius 3 is 1.17 bits per heavy atom. The van der Waals surface area contributed by atoms with Gasteiger partial charge in [-0.25, -0.2) is 0 Å². The van der Waals surface area contributed by atoms with Gasteiger partial charge >= 0.3 is 0 Å². The molecular weight excluding hydrogens is 709 g/mol. The van der Waals surface area contributed by atoms with E-state index in [1.165, 1.54) is 44.1 Å². The lowest BCUT2D eigenvalue weighted by atomic mass is 9.92. The van der Waals surface area contributed by atoms with Gasteiger partial charge < -0.3 is 18.6 Å². The first kappa shape index (κ1) is 34.0. The van der Waals surface area contributed by atoms with E-state index in [1.807, 2.05) is 0 Å². The number of nitrogens with zero attached hydrogens (tertiary/aromatic N) is 2. The zero-order valence-corrected chi connectivity index (χ0v) is 32.0. The van der Waals surface area contributed by atoms with Crippen molar-refractivity contribution in [2.45, 2.75) is 26.3 Å². The van der Waals surface area contributed by atoms with E-state index in [2.05, 4.69) is 204 Å². The molecule has 0 aliphatic carbocycles. The van der Waals surface area contributed by atoms with E-state index in [1.54, 1.807) is 0 Å². The molecule has 0 saturated heterocycles. The largest absolute Gasteiger partial charge is 0.488 e. The number of rotatable bonds is 0. The molecule has 0 atom stereocenters. The molecule has 8 bridgehead atoms. The molecule has 0 fully saturated rings. The third-order valence-corrected chi connectivity index (χ3v) is 11.7. The lowest BCUT2D eigenvalue weighted by molar-refractivity contribution is 0.303. The molecule has 8 aromatic carbocycles. The first-order chi connectivity index (χ1) is 28.7. The number of hydrogen-bond acceptors (Lipinski definition) is 2. The molecule has 14 rings (SSSR count). The van der Waals surface area contributed by atoms with Crippen LogP contribution in [0.3, 0.4) is 0 Å². The third-order valence-electron chi connectivity index (χ3n) is 11.7. The maximum Gasteiger partial charge on any atom is 0.128 e. The Hall–Kier alpha value is -7.30. The Kier molecular flexibility index (Phi) is 8.40. The van der Waals surface area contributed by atoms with Gasteiger partial charge in [0.2, 0.25) is 0 Å². The maximum absolute atomic E-state index is 6.81. The van der Waals surface area contributed by atoms with E-state index in [-0.39, 0.29) is 0 Å². The molecule has 4 heteroatoms. The third kappa shape index (κ3) is 6.20. The van der Waals surface area contributed by atoms with Crippen molar-refractivity contribution in [1.29, 1.82) is 0 Å². The van der Waals surface area contributed by atoms with Gasteiger partial charge in [-0.2, -0.15) is 0 Å². The van der Waals surface area contributed by atoms with Crippen molar-refractivity contribution in [2.24, 2.45) is 0 Å². The Bertz CT molecular complexity index is 2950. The lowest BCUT2D eigenvalue weighted by Gasteiger charge is -2.20. The normalized spacial score (nSPS) is 13.7. The zero-order chi connectivity index (χ0) is 38.4. The molecule has 4 aliphatic heterocycles. The van der Waals surface area contributed by atoms with Crippen LogP contribution in [0.2, 0.25) is 0 Å². The van der Waals surface area contributed by atoms with Gasteiger partial charge in [0.25, 0.3) is 0 Å². The molecular formula is C54H40N2O2. The highest BCUT2D eigenvalue weighted by Gasteiger charge is 2.20. The summed E-state index contributed by atoms with van der Waals surface area (Å²) >= 11 is 0. The number of benzene rings is 8. The standard InChI is InChI=1S/C54H40N2O2/c1-3-13-47-41(9-1)27-29-51-53(47)54-48-14-4-2-10-42(48)28-30-52(54)58-36-40-23-19-38(20-24-40)32-56-34-44(46-12-6-8-16-50(46)56)26-25-43-33-55(49-15-7-5-11-45(43)49)31-37-17-21-39(22-18-37)35-57-51/h1-30,33-34H,31-32,35-36H2/b26-25-. The summed E-state index contributed by atoms with van der Waals surface area (Å²) in [6, 6.07) is 60.8. The van der Waals surface area contributed by atoms with Gasteiger partial charge in [-0.15, -0.1) is 0 Å². The van der Waals surface area contributed by atoms with Crippen LogP contribution in [0.25, 0.3) is 66.6 Å². The van der Waals surface area contributed by atoms with Gasteiger partial charge in [0, 0.05) is 69.5 Å². The summed E-state index contributed by atoms with van der Waals surface area (Å²) in [6.45, 7) is 2.42. The summed E-state index contributed by atoms with van der Waals surface area (Å²) in [5.41, 5.74) is 11.6. The monoisotopic (exact) mass is 748 g/mol. The number of aromatic nitrogens is 2. The Labute approximate surface area is 337 Å². The molecule has 0 spiro atoms. The maximum atomic E-state index is 6.81. The SMILES string of the molecule is C1=C\c2cn(c3ccccc23)Cc2ccc(cc2)COc2ccc3ccccc3c2-c2c(ccc3ccccc23)OCc2ccc(cc2)Cn2cc/1c1ccccc12. The van der Waals surface area contributed by atoms with Gasteiger partial charge in [-0.3, -0.25) is 0 Å². The van der Waals surface area contributed by atoms with E-state index in [0.29, 0.717) is 13.2 Å². The van der Waals surface area contributed by atoms with Crippen LogP contribution < -0.4 is 9.47 Å². The molecule has 10 aromatic rings. The van der Waals surface area contributed by atoms with E-state index < -0.39 is 0 Å². The van der Waals surface area contributed by atoms with Crippen molar-refractivity contribution >= 4 is 55.5 Å². The van der Waals surface area contributed by atoms with Crippen LogP contribution in [0.15, 0.2) is 182 Å². The highest BCUT2D eigenvalue weighted by molar-refractivity contribution is 6.09. The minimum Gasteiger partial charge on any atom is -0.488 e. The molecule has 58 heavy (non-hydrogen) atoms. The second-order valence-corrected chi connectivity index (χ2v) is 15.3. The summed E-state index contributed by atoms with van der Waals surface area (Å²) in [5.74, 6) is 1.66. The second-order valence-electron chi connectivity index (χ2n) is 15.3. The fourth-order valence-electron chi connectivity index (χ4n) is 8.71. The lowest BCUT2D eigenvalue weighted by Crippen LogP contribution is -2.02. The van der Waals surface area contributed by atoms with Crippen LogP contribution in [0, 0.1) is 0 Å².